The van der Waals surface area contributed by atoms with E-state index in [-0.39, 0.29) is 5.91 Å². The Morgan fingerprint density at radius 1 is 1.19 bits per heavy atom. The largest absolute Gasteiger partial charge is 0.382 e. The smallest absolute Gasteiger partial charge is 0.264 e. The van der Waals surface area contributed by atoms with E-state index in [1.165, 1.54) is 12.8 Å². The summed E-state index contributed by atoms with van der Waals surface area (Å²) in [7, 11) is 0. The van der Waals surface area contributed by atoms with Crippen LogP contribution in [0.1, 0.15) is 44.6 Å². The number of carbonyl (C=O) groups is 1. The van der Waals surface area contributed by atoms with Crippen LogP contribution >= 0.6 is 0 Å². The van der Waals surface area contributed by atoms with Gasteiger partial charge in [-0.05, 0) is 37.2 Å². The molecular weight excluding hydrogens is 264 g/mol. The fraction of sp³-hybridized carbons (Fsp3) is 0.529. The highest BCUT2D eigenvalue weighted by Crippen LogP contribution is 2.24. The Labute approximate surface area is 125 Å². The summed E-state index contributed by atoms with van der Waals surface area (Å²) in [6.07, 6.45) is 4.63. The molecule has 0 spiro atoms. The minimum absolute atomic E-state index is 0.0239. The molecule has 1 heterocycles. The maximum Gasteiger partial charge on any atom is 0.264 e. The molecule has 0 unspecified atom stereocenters. The van der Waals surface area contributed by atoms with Crippen molar-refractivity contribution < 1.29 is 9.63 Å². The molecule has 0 saturated heterocycles. The summed E-state index contributed by atoms with van der Waals surface area (Å²) >= 11 is 0. The highest BCUT2D eigenvalue weighted by atomic mass is 16.6. The van der Waals surface area contributed by atoms with E-state index < -0.39 is 6.10 Å². The van der Waals surface area contributed by atoms with Gasteiger partial charge in [-0.15, -0.1) is 0 Å². The molecule has 1 saturated carbocycles. The zero-order chi connectivity index (χ0) is 14.7. The van der Waals surface area contributed by atoms with E-state index in [2.05, 4.69) is 17.4 Å². The maximum absolute atomic E-state index is 12.3. The van der Waals surface area contributed by atoms with Gasteiger partial charge in [-0.2, -0.15) is 0 Å². The Bertz CT molecular complexity index is 519. The molecule has 0 radical (unpaired) electrons. The molecule has 1 fully saturated rings. The fourth-order valence-electron chi connectivity index (χ4n) is 3.02. The van der Waals surface area contributed by atoms with E-state index in [9.17, 15) is 4.79 Å². The molecule has 2 aliphatic rings. The van der Waals surface area contributed by atoms with Crippen molar-refractivity contribution in [3.05, 3.63) is 35.9 Å². The predicted molar refractivity (Wildman–Crippen MR) is 82.0 cm³/mol. The van der Waals surface area contributed by atoms with Gasteiger partial charge in [-0.3, -0.25) is 4.79 Å². The molecule has 1 amide bonds. The minimum atomic E-state index is -0.473. The summed E-state index contributed by atoms with van der Waals surface area (Å²) in [5.41, 5.74) is 1.88. The summed E-state index contributed by atoms with van der Waals surface area (Å²) < 4.78 is 0. The Balaban J connectivity index is 1.52. The lowest BCUT2D eigenvalue weighted by molar-refractivity contribution is -0.132. The Kier molecular flexibility index (Phi) is 4.23. The van der Waals surface area contributed by atoms with Crippen LogP contribution in [-0.2, 0) is 9.63 Å². The topological polar surface area (TPSA) is 50.7 Å². The number of carbonyl (C=O) groups excluding carboxylic acids is 1. The molecule has 1 aromatic carbocycles. The van der Waals surface area contributed by atoms with Crippen LogP contribution in [-0.4, -0.2) is 23.8 Å². The van der Waals surface area contributed by atoms with Gasteiger partial charge >= 0.3 is 0 Å². The number of hydrogen-bond donors (Lipinski definition) is 1. The summed E-state index contributed by atoms with van der Waals surface area (Å²) in [4.78, 5) is 17.6. The molecule has 1 aliphatic heterocycles. The average molecular weight is 286 g/mol. The molecule has 4 heteroatoms. The average Bonchev–Trinajstić information content (AvgIpc) is 3.00. The monoisotopic (exact) mass is 286 g/mol. The van der Waals surface area contributed by atoms with Crippen LogP contribution in [0, 0.1) is 5.92 Å². The van der Waals surface area contributed by atoms with E-state index in [4.69, 9.17) is 4.84 Å². The first-order chi connectivity index (χ1) is 10.2. The van der Waals surface area contributed by atoms with Crippen molar-refractivity contribution in [3.8, 4) is 0 Å². The fourth-order valence-corrected chi connectivity index (χ4v) is 3.02. The van der Waals surface area contributed by atoms with Crippen LogP contribution in [0.2, 0.25) is 0 Å². The van der Waals surface area contributed by atoms with Gasteiger partial charge < -0.3 is 10.2 Å². The third kappa shape index (κ3) is 3.43. The number of nitrogens with zero attached hydrogens (tertiary/aromatic N) is 1. The summed E-state index contributed by atoms with van der Waals surface area (Å²) in [6.45, 7) is 2.28. The quantitative estimate of drug-likeness (QED) is 0.929. The molecule has 21 heavy (non-hydrogen) atoms. The zero-order valence-electron chi connectivity index (χ0n) is 12.4. The van der Waals surface area contributed by atoms with E-state index in [0.29, 0.717) is 12.5 Å². The second-order valence-corrected chi connectivity index (χ2v) is 6.17. The van der Waals surface area contributed by atoms with Gasteiger partial charge in [0, 0.05) is 12.5 Å². The molecule has 0 aromatic heterocycles. The lowest BCUT2D eigenvalue weighted by Gasteiger charge is -2.27. The molecule has 3 rings (SSSR count). The minimum Gasteiger partial charge on any atom is -0.382 e. The lowest BCUT2D eigenvalue weighted by atomic mass is 9.87. The van der Waals surface area contributed by atoms with Crippen LogP contribution in [0.15, 0.2) is 35.5 Å². The Morgan fingerprint density at radius 2 is 1.90 bits per heavy atom. The van der Waals surface area contributed by atoms with Crippen LogP contribution in [0.25, 0.3) is 0 Å². The number of hydrogen-bond acceptors (Lipinski definition) is 3. The Morgan fingerprint density at radius 3 is 2.62 bits per heavy atom. The second-order valence-electron chi connectivity index (χ2n) is 6.17. The van der Waals surface area contributed by atoms with Crippen molar-refractivity contribution in [2.75, 3.05) is 0 Å². The van der Waals surface area contributed by atoms with Crippen molar-refractivity contribution in [3.63, 3.8) is 0 Å². The van der Waals surface area contributed by atoms with Crippen molar-refractivity contribution in [1.29, 1.82) is 0 Å². The summed E-state index contributed by atoms with van der Waals surface area (Å²) in [5.74, 6) is 0.762. The van der Waals surface area contributed by atoms with Crippen LogP contribution in [0.5, 0.6) is 0 Å². The molecule has 1 N–H and O–H groups in total. The van der Waals surface area contributed by atoms with Gasteiger partial charge in [0.05, 0.1) is 5.71 Å². The molecule has 1 atom stereocenters. The number of oxime groups is 1. The standard InChI is InChI=1S/C17H22N2O2/c1-12-7-9-14(10-8-12)18-17(20)16-11-15(19-21-16)13-5-3-2-4-6-13/h2-6,12,14,16H,7-11H2,1H3,(H,18,20)/t12?,14?,16-/m0/s1. The molecule has 112 valence electrons. The Hall–Kier alpha value is -1.84. The zero-order valence-corrected chi connectivity index (χ0v) is 12.4. The number of nitrogens with one attached hydrogen (secondary N) is 1. The van der Waals surface area contributed by atoms with E-state index in [1.54, 1.807) is 0 Å². The second kappa shape index (κ2) is 6.29. The summed E-state index contributed by atoms with van der Waals surface area (Å²) in [5, 5.41) is 7.19. The van der Waals surface area contributed by atoms with Crippen molar-refractivity contribution in [2.24, 2.45) is 11.1 Å². The van der Waals surface area contributed by atoms with E-state index in [0.717, 1.165) is 30.0 Å². The van der Waals surface area contributed by atoms with Gasteiger partial charge in [0.2, 0.25) is 6.10 Å². The van der Waals surface area contributed by atoms with Crippen LogP contribution in [0.3, 0.4) is 0 Å². The normalized spacial score (nSPS) is 28.6. The summed E-state index contributed by atoms with van der Waals surface area (Å²) in [6, 6.07) is 10.2. The highest BCUT2D eigenvalue weighted by Gasteiger charge is 2.30. The molecule has 1 aliphatic carbocycles. The van der Waals surface area contributed by atoms with Gasteiger partial charge in [-0.25, -0.2) is 0 Å². The van der Waals surface area contributed by atoms with Crippen LogP contribution in [0.4, 0.5) is 0 Å². The number of amides is 1. The first kappa shape index (κ1) is 14.1. The predicted octanol–water partition coefficient (Wildman–Crippen LogP) is 2.87. The first-order valence-electron chi connectivity index (χ1n) is 7.81. The van der Waals surface area contributed by atoms with E-state index in [1.807, 2.05) is 30.3 Å². The van der Waals surface area contributed by atoms with Crippen molar-refractivity contribution >= 4 is 11.6 Å². The number of benzene rings is 1. The van der Waals surface area contributed by atoms with Crippen LogP contribution < -0.4 is 5.32 Å². The molecular formula is C17H22N2O2. The van der Waals surface area contributed by atoms with Gasteiger partial charge in [0.15, 0.2) is 0 Å². The molecule has 4 nitrogen and oxygen atoms in total. The van der Waals surface area contributed by atoms with Crippen molar-refractivity contribution in [2.45, 2.75) is 51.2 Å². The SMILES string of the molecule is CC1CCC(NC(=O)[C@@H]2CC(c3ccccc3)=NO2)CC1. The third-order valence-corrected chi connectivity index (χ3v) is 4.43. The highest BCUT2D eigenvalue weighted by molar-refractivity contribution is 6.04. The molecule has 0 bridgehead atoms. The molecule has 1 aromatic rings. The maximum atomic E-state index is 12.3. The van der Waals surface area contributed by atoms with Gasteiger partial charge in [-0.1, -0.05) is 42.4 Å². The van der Waals surface area contributed by atoms with Gasteiger partial charge in [0.25, 0.3) is 5.91 Å². The third-order valence-electron chi connectivity index (χ3n) is 4.43. The lowest BCUT2D eigenvalue weighted by Crippen LogP contribution is -2.43. The first-order valence-corrected chi connectivity index (χ1v) is 7.81. The van der Waals surface area contributed by atoms with E-state index >= 15 is 0 Å². The number of rotatable bonds is 3. The van der Waals surface area contributed by atoms with Gasteiger partial charge in [0.1, 0.15) is 0 Å². The van der Waals surface area contributed by atoms with Crippen molar-refractivity contribution in [1.82, 2.24) is 5.32 Å².